The van der Waals surface area contributed by atoms with Crippen LogP contribution >= 0.6 is 0 Å². The zero-order chi connectivity index (χ0) is 22.5. The molecule has 1 aromatic carbocycles. The van der Waals surface area contributed by atoms with E-state index < -0.39 is 0 Å². The van der Waals surface area contributed by atoms with Gasteiger partial charge in [-0.15, -0.1) is 0 Å². The summed E-state index contributed by atoms with van der Waals surface area (Å²) in [7, 11) is 1.62. The van der Waals surface area contributed by atoms with Crippen LogP contribution in [0.2, 0.25) is 0 Å². The van der Waals surface area contributed by atoms with Crippen molar-refractivity contribution in [2.45, 2.75) is 58.1 Å². The lowest BCUT2D eigenvalue weighted by molar-refractivity contribution is -0.134. The lowest BCUT2D eigenvalue weighted by Crippen LogP contribution is -2.47. The highest BCUT2D eigenvalue weighted by Crippen LogP contribution is 2.41. The molecule has 2 fully saturated rings. The molecule has 7 nitrogen and oxygen atoms in total. The first-order chi connectivity index (χ1) is 15.5. The number of benzene rings is 1. The summed E-state index contributed by atoms with van der Waals surface area (Å²) in [4.78, 5) is 17.4. The van der Waals surface area contributed by atoms with Crippen molar-refractivity contribution in [2.75, 3.05) is 51.5 Å². The number of fused-ring (bicyclic) bond motifs is 1. The molecular formula is C25H39N3O4. The summed E-state index contributed by atoms with van der Waals surface area (Å²) in [5, 5.41) is 3.22. The van der Waals surface area contributed by atoms with E-state index >= 15 is 0 Å². The van der Waals surface area contributed by atoms with Gasteiger partial charge in [0.05, 0.1) is 5.69 Å². The maximum Gasteiger partial charge on any atom is 0.249 e. The van der Waals surface area contributed by atoms with Crippen LogP contribution in [0.25, 0.3) is 0 Å². The Bertz CT molecular complexity index is 756. The van der Waals surface area contributed by atoms with E-state index in [0.717, 1.165) is 62.1 Å². The highest BCUT2D eigenvalue weighted by Gasteiger charge is 2.28. The topological polar surface area (TPSA) is 63.3 Å². The summed E-state index contributed by atoms with van der Waals surface area (Å²) in [5.41, 5.74) is 1.16. The average Bonchev–Trinajstić information content (AvgIpc) is 3.28. The van der Waals surface area contributed by atoms with E-state index in [1.807, 2.05) is 26.0 Å². The number of nitrogens with zero attached hydrogens (tertiary/aromatic N) is 2. The summed E-state index contributed by atoms with van der Waals surface area (Å²) < 4.78 is 16.6. The number of para-hydroxylation sites is 1. The largest absolute Gasteiger partial charge is 0.454 e. The lowest BCUT2D eigenvalue weighted by Gasteiger charge is -2.37. The van der Waals surface area contributed by atoms with Crippen molar-refractivity contribution in [3.63, 3.8) is 0 Å². The normalized spacial score (nSPS) is 24.6. The Morgan fingerprint density at radius 1 is 1.12 bits per heavy atom. The zero-order valence-corrected chi connectivity index (χ0v) is 19.8. The fourth-order valence-electron chi connectivity index (χ4n) is 5.30. The average molecular weight is 446 g/mol. The molecule has 2 aliphatic heterocycles. The van der Waals surface area contributed by atoms with Crippen molar-refractivity contribution < 1.29 is 19.0 Å². The Balaban J connectivity index is 1.15. The third kappa shape index (κ3) is 5.49. The number of nitrogens with one attached hydrogen (secondary N) is 1. The van der Waals surface area contributed by atoms with Crippen molar-refractivity contribution in [1.82, 2.24) is 10.2 Å². The number of ether oxygens (including phenoxy) is 3. The van der Waals surface area contributed by atoms with E-state index in [9.17, 15) is 4.79 Å². The summed E-state index contributed by atoms with van der Waals surface area (Å²) in [6, 6.07) is 6.46. The number of piperazine rings is 1. The van der Waals surface area contributed by atoms with Gasteiger partial charge in [-0.05, 0) is 62.6 Å². The Morgan fingerprint density at radius 3 is 2.56 bits per heavy atom. The minimum absolute atomic E-state index is 0.0462. The molecule has 0 bridgehead atoms. The molecule has 178 valence electrons. The monoisotopic (exact) mass is 445 g/mol. The van der Waals surface area contributed by atoms with Gasteiger partial charge < -0.3 is 24.4 Å². The fourth-order valence-corrected chi connectivity index (χ4v) is 5.30. The van der Waals surface area contributed by atoms with Crippen LogP contribution in [0.1, 0.15) is 46.0 Å². The van der Waals surface area contributed by atoms with Crippen LogP contribution in [-0.2, 0) is 9.53 Å². The second-order valence-electron chi connectivity index (χ2n) is 9.75. The molecule has 1 N–H and O–H groups in total. The molecule has 1 atom stereocenters. The van der Waals surface area contributed by atoms with Crippen molar-refractivity contribution in [2.24, 2.45) is 11.8 Å². The van der Waals surface area contributed by atoms with Gasteiger partial charge in [-0.2, -0.15) is 0 Å². The number of anilines is 1. The second kappa shape index (κ2) is 10.8. The van der Waals surface area contributed by atoms with Crippen LogP contribution in [0, 0.1) is 11.8 Å². The summed E-state index contributed by atoms with van der Waals surface area (Å²) in [6.07, 6.45) is 5.49. The number of rotatable bonds is 8. The van der Waals surface area contributed by atoms with Crippen LogP contribution in [0.5, 0.6) is 11.5 Å². The second-order valence-corrected chi connectivity index (χ2v) is 9.75. The Morgan fingerprint density at radius 2 is 1.88 bits per heavy atom. The van der Waals surface area contributed by atoms with Crippen LogP contribution in [0.4, 0.5) is 5.69 Å². The minimum atomic E-state index is -0.345. The predicted octanol–water partition coefficient (Wildman–Crippen LogP) is 3.27. The summed E-state index contributed by atoms with van der Waals surface area (Å²) >= 11 is 0. The van der Waals surface area contributed by atoms with Gasteiger partial charge in [0.25, 0.3) is 0 Å². The molecule has 7 heteroatoms. The molecule has 0 radical (unpaired) electrons. The number of carbonyl (C=O) groups excluding carboxylic acids is 1. The van der Waals surface area contributed by atoms with Gasteiger partial charge in [0, 0.05) is 39.3 Å². The van der Waals surface area contributed by atoms with E-state index in [1.54, 1.807) is 7.11 Å². The smallest absolute Gasteiger partial charge is 0.249 e. The summed E-state index contributed by atoms with van der Waals surface area (Å²) in [6.45, 7) is 9.76. The quantitative estimate of drug-likeness (QED) is 0.663. The minimum Gasteiger partial charge on any atom is -0.454 e. The maximum absolute atomic E-state index is 12.4. The van der Waals surface area contributed by atoms with Crippen LogP contribution in [0.3, 0.4) is 0 Å². The number of amides is 1. The molecule has 1 saturated heterocycles. The molecule has 1 aromatic rings. The van der Waals surface area contributed by atoms with Crippen LogP contribution in [0.15, 0.2) is 18.2 Å². The first-order valence-corrected chi connectivity index (χ1v) is 12.2. The predicted molar refractivity (Wildman–Crippen MR) is 125 cm³/mol. The molecule has 0 spiro atoms. The molecule has 2 heterocycles. The molecule has 32 heavy (non-hydrogen) atoms. The Labute approximate surface area is 192 Å². The molecular weight excluding hydrogens is 406 g/mol. The van der Waals surface area contributed by atoms with E-state index in [4.69, 9.17) is 14.2 Å². The summed E-state index contributed by atoms with van der Waals surface area (Å²) in [5.74, 6) is 2.77. The highest BCUT2D eigenvalue weighted by molar-refractivity contribution is 5.81. The van der Waals surface area contributed by atoms with Crippen molar-refractivity contribution in [3.05, 3.63) is 18.2 Å². The third-order valence-electron chi connectivity index (χ3n) is 7.25. The van der Waals surface area contributed by atoms with Gasteiger partial charge in [0.1, 0.15) is 6.10 Å². The van der Waals surface area contributed by atoms with Crippen LogP contribution in [-0.4, -0.2) is 69.6 Å². The zero-order valence-electron chi connectivity index (χ0n) is 19.8. The van der Waals surface area contributed by atoms with E-state index in [1.165, 1.54) is 25.8 Å². The van der Waals surface area contributed by atoms with Gasteiger partial charge in [0.15, 0.2) is 11.5 Å². The molecule has 1 saturated carbocycles. The first kappa shape index (κ1) is 23.2. The lowest BCUT2D eigenvalue weighted by atomic mass is 9.84. The van der Waals surface area contributed by atoms with E-state index in [-0.39, 0.29) is 17.9 Å². The number of methoxy groups -OCH3 is 1. The molecule has 1 aliphatic carbocycles. The molecule has 4 rings (SSSR count). The van der Waals surface area contributed by atoms with Gasteiger partial charge >= 0.3 is 0 Å². The van der Waals surface area contributed by atoms with Gasteiger partial charge in [-0.3, -0.25) is 9.69 Å². The standard InChI is InChI=1S/C25H39N3O4/c1-18(2)23(30-3)25(29)26-20-9-7-19(8-10-20)11-12-27-13-15-28(16-14-27)21-5-4-6-22-24(21)32-17-31-22/h4-6,18-20,23H,7-17H2,1-3H3,(H,26,29). The fraction of sp³-hybridized carbons (Fsp3) is 0.720. The van der Waals surface area contributed by atoms with Gasteiger partial charge in [-0.1, -0.05) is 19.9 Å². The van der Waals surface area contributed by atoms with E-state index in [0.29, 0.717) is 12.8 Å². The van der Waals surface area contributed by atoms with Crippen LogP contribution < -0.4 is 19.7 Å². The number of carbonyl (C=O) groups is 1. The SMILES string of the molecule is COC(C(=O)NC1CCC(CCN2CCN(c3cccc4c3OCO4)CC2)CC1)C(C)C. The highest BCUT2D eigenvalue weighted by atomic mass is 16.7. The van der Waals surface area contributed by atoms with Crippen molar-refractivity contribution in [1.29, 1.82) is 0 Å². The Hall–Kier alpha value is -1.99. The van der Waals surface area contributed by atoms with E-state index in [2.05, 4.69) is 21.2 Å². The Kier molecular flexibility index (Phi) is 7.79. The number of hydrogen-bond acceptors (Lipinski definition) is 6. The first-order valence-electron chi connectivity index (χ1n) is 12.2. The number of hydrogen-bond donors (Lipinski definition) is 1. The molecule has 1 amide bonds. The molecule has 3 aliphatic rings. The van der Waals surface area contributed by atoms with Crippen molar-refractivity contribution >= 4 is 11.6 Å². The van der Waals surface area contributed by atoms with Gasteiger partial charge in [0.2, 0.25) is 12.7 Å². The molecule has 1 unspecified atom stereocenters. The third-order valence-corrected chi connectivity index (χ3v) is 7.25. The molecule has 0 aromatic heterocycles. The van der Waals surface area contributed by atoms with Crippen molar-refractivity contribution in [3.8, 4) is 11.5 Å². The van der Waals surface area contributed by atoms with Gasteiger partial charge in [-0.25, -0.2) is 0 Å². The maximum atomic E-state index is 12.4.